The number of para-hydroxylation sites is 1. The Morgan fingerprint density at radius 1 is 1.38 bits per heavy atom. The molecule has 1 N–H and O–H groups in total. The zero-order valence-electron chi connectivity index (χ0n) is 13.0. The molecule has 4 nitrogen and oxygen atoms in total. The number of thioether (sulfide) groups is 1. The van der Waals surface area contributed by atoms with Gasteiger partial charge in [0.25, 0.3) is 0 Å². The third-order valence-corrected chi connectivity index (χ3v) is 4.39. The summed E-state index contributed by atoms with van der Waals surface area (Å²) >= 11 is 1.81. The van der Waals surface area contributed by atoms with Crippen molar-refractivity contribution in [2.45, 2.75) is 33.2 Å². The van der Waals surface area contributed by atoms with Gasteiger partial charge in [-0.1, -0.05) is 26.8 Å². The molecule has 1 aromatic carbocycles. The van der Waals surface area contributed by atoms with Crippen molar-refractivity contribution in [3.05, 3.63) is 29.6 Å². The Bertz CT molecular complexity index is 649. The van der Waals surface area contributed by atoms with Crippen LogP contribution in [0.25, 0.3) is 11.0 Å². The van der Waals surface area contributed by atoms with Gasteiger partial charge in [0.15, 0.2) is 0 Å². The van der Waals surface area contributed by atoms with Crippen LogP contribution in [0.1, 0.15) is 42.9 Å². The van der Waals surface area contributed by atoms with E-state index in [4.69, 9.17) is 0 Å². The minimum absolute atomic E-state index is 0.264. The van der Waals surface area contributed by atoms with Crippen molar-refractivity contribution in [3.8, 4) is 0 Å². The Kier molecular flexibility index (Phi) is 4.93. The summed E-state index contributed by atoms with van der Waals surface area (Å²) in [6.07, 6.45) is 2.09. The molecule has 114 valence electrons. The van der Waals surface area contributed by atoms with E-state index in [0.29, 0.717) is 11.5 Å². The van der Waals surface area contributed by atoms with Crippen molar-refractivity contribution in [2.24, 2.45) is 5.92 Å². The number of hydrogen-bond acceptors (Lipinski definition) is 3. The van der Waals surface area contributed by atoms with E-state index in [1.165, 1.54) is 0 Å². The summed E-state index contributed by atoms with van der Waals surface area (Å²) in [6.45, 7) is 7.18. The fraction of sp³-hybridized carbons (Fsp3) is 0.500. The molecular weight excluding hydrogens is 284 g/mol. The Morgan fingerprint density at radius 3 is 2.67 bits per heavy atom. The van der Waals surface area contributed by atoms with Crippen LogP contribution in [0.15, 0.2) is 18.2 Å². The van der Waals surface area contributed by atoms with E-state index >= 15 is 0 Å². The number of fused-ring (bicyclic) bond motifs is 1. The molecule has 0 aliphatic rings. The molecule has 1 atom stereocenters. The van der Waals surface area contributed by atoms with Gasteiger partial charge in [-0.25, -0.2) is 9.78 Å². The number of carboxylic acid groups (broad SMARTS) is 1. The predicted molar refractivity (Wildman–Crippen MR) is 88.3 cm³/mol. The SMILES string of the molecule is CSCC(C)Cn1c(C(C)C)nc2cccc(C(=O)O)c21. The maximum atomic E-state index is 11.5. The van der Waals surface area contributed by atoms with E-state index in [-0.39, 0.29) is 5.92 Å². The molecule has 0 spiro atoms. The number of carbonyl (C=O) groups is 1. The van der Waals surface area contributed by atoms with Crippen molar-refractivity contribution in [2.75, 3.05) is 12.0 Å². The number of aromatic nitrogens is 2. The van der Waals surface area contributed by atoms with Crippen molar-refractivity contribution in [1.29, 1.82) is 0 Å². The predicted octanol–water partition coefficient (Wildman–Crippen LogP) is 3.86. The van der Waals surface area contributed by atoms with Gasteiger partial charge in [0.1, 0.15) is 5.82 Å². The zero-order chi connectivity index (χ0) is 15.6. The van der Waals surface area contributed by atoms with Crippen LogP contribution in [0.2, 0.25) is 0 Å². The number of nitrogens with zero attached hydrogens (tertiary/aromatic N) is 2. The van der Waals surface area contributed by atoms with E-state index in [1.54, 1.807) is 12.1 Å². The van der Waals surface area contributed by atoms with E-state index in [9.17, 15) is 9.90 Å². The highest BCUT2D eigenvalue weighted by Crippen LogP contribution is 2.26. The molecule has 2 aromatic rings. The summed E-state index contributed by atoms with van der Waals surface area (Å²) in [4.78, 5) is 16.2. The normalized spacial score (nSPS) is 13.0. The molecule has 0 amide bonds. The average Bonchev–Trinajstić information content (AvgIpc) is 2.78. The summed E-state index contributed by atoms with van der Waals surface area (Å²) in [5.74, 6) is 1.85. The van der Waals surface area contributed by atoms with Gasteiger partial charge in [-0.3, -0.25) is 0 Å². The first-order chi connectivity index (χ1) is 9.95. The maximum Gasteiger partial charge on any atom is 0.337 e. The zero-order valence-corrected chi connectivity index (χ0v) is 13.8. The van der Waals surface area contributed by atoms with Crippen LogP contribution in [0.5, 0.6) is 0 Å². The topological polar surface area (TPSA) is 55.1 Å². The molecule has 0 radical (unpaired) electrons. The second-order valence-electron chi connectivity index (χ2n) is 5.77. The summed E-state index contributed by atoms with van der Waals surface area (Å²) < 4.78 is 2.10. The second-order valence-corrected chi connectivity index (χ2v) is 6.68. The lowest BCUT2D eigenvalue weighted by Crippen LogP contribution is -2.14. The van der Waals surface area contributed by atoms with E-state index in [2.05, 4.69) is 36.6 Å². The van der Waals surface area contributed by atoms with Crippen LogP contribution in [-0.2, 0) is 6.54 Å². The van der Waals surface area contributed by atoms with Gasteiger partial charge in [-0.2, -0.15) is 11.8 Å². The summed E-state index contributed by atoms with van der Waals surface area (Å²) in [6, 6.07) is 5.31. The number of imidazole rings is 1. The van der Waals surface area contributed by atoms with Gasteiger partial charge in [0.05, 0.1) is 16.6 Å². The molecule has 5 heteroatoms. The number of carboxylic acids is 1. The van der Waals surface area contributed by atoms with Crippen LogP contribution in [0.4, 0.5) is 0 Å². The highest BCUT2D eigenvalue weighted by molar-refractivity contribution is 7.98. The lowest BCUT2D eigenvalue weighted by atomic mass is 10.1. The first-order valence-corrected chi connectivity index (χ1v) is 8.56. The third kappa shape index (κ3) is 3.23. The lowest BCUT2D eigenvalue weighted by molar-refractivity contribution is 0.0698. The fourth-order valence-electron chi connectivity index (χ4n) is 2.65. The third-order valence-electron chi connectivity index (χ3n) is 3.49. The number of benzene rings is 1. The molecule has 0 bridgehead atoms. The monoisotopic (exact) mass is 306 g/mol. The van der Waals surface area contributed by atoms with Crippen LogP contribution < -0.4 is 0 Å². The van der Waals surface area contributed by atoms with Gasteiger partial charge in [-0.05, 0) is 30.1 Å². The Labute approximate surface area is 129 Å². The number of aromatic carboxylic acids is 1. The van der Waals surface area contributed by atoms with Crippen LogP contribution >= 0.6 is 11.8 Å². The highest BCUT2D eigenvalue weighted by atomic mass is 32.2. The minimum atomic E-state index is -0.894. The van der Waals surface area contributed by atoms with Crippen molar-refractivity contribution < 1.29 is 9.90 Å². The molecular formula is C16H22N2O2S. The molecule has 1 aromatic heterocycles. The van der Waals surface area contributed by atoms with Crippen LogP contribution in [-0.4, -0.2) is 32.6 Å². The first-order valence-electron chi connectivity index (χ1n) is 7.17. The van der Waals surface area contributed by atoms with Gasteiger partial charge >= 0.3 is 5.97 Å². The molecule has 0 saturated carbocycles. The molecule has 0 aliphatic carbocycles. The number of rotatable bonds is 6. The first kappa shape index (κ1) is 15.9. The van der Waals surface area contributed by atoms with Crippen molar-refractivity contribution in [1.82, 2.24) is 9.55 Å². The molecule has 1 heterocycles. The summed E-state index contributed by atoms with van der Waals surface area (Å²) in [5.41, 5.74) is 1.86. The lowest BCUT2D eigenvalue weighted by Gasteiger charge is -2.16. The molecule has 0 aliphatic heterocycles. The smallest absolute Gasteiger partial charge is 0.337 e. The van der Waals surface area contributed by atoms with Crippen LogP contribution in [0, 0.1) is 5.92 Å². The summed E-state index contributed by atoms with van der Waals surface area (Å²) in [7, 11) is 0. The van der Waals surface area contributed by atoms with Gasteiger partial charge < -0.3 is 9.67 Å². The average molecular weight is 306 g/mol. The molecule has 0 saturated heterocycles. The molecule has 21 heavy (non-hydrogen) atoms. The van der Waals surface area contributed by atoms with Crippen LogP contribution in [0.3, 0.4) is 0 Å². The molecule has 2 rings (SSSR count). The van der Waals surface area contributed by atoms with Gasteiger partial charge in [0, 0.05) is 12.5 Å². The Balaban J connectivity index is 2.62. The van der Waals surface area contributed by atoms with Gasteiger partial charge in [0.2, 0.25) is 0 Å². The number of hydrogen-bond donors (Lipinski definition) is 1. The molecule has 1 unspecified atom stereocenters. The van der Waals surface area contributed by atoms with Gasteiger partial charge in [-0.15, -0.1) is 0 Å². The quantitative estimate of drug-likeness (QED) is 0.880. The fourth-order valence-corrected chi connectivity index (χ4v) is 3.33. The van der Waals surface area contributed by atoms with E-state index in [1.807, 2.05) is 17.8 Å². The Morgan fingerprint density at radius 2 is 2.10 bits per heavy atom. The largest absolute Gasteiger partial charge is 0.478 e. The second kappa shape index (κ2) is 6.52. The van der Waals surface area contributed by atoms with E-state index < -0.39 is 5.97 Å². The standard InChI is InChI=1S/C16H22N2O2S/c1-10(2)15-17-13-7-5-6-12(16(19)20)14(13)18(15)8-11(3)9-21-4/h5-7,10-11H,8-9H2,1-4H3,(H,19,20). The maximum absolute atomic E-state index is 11.5. The highest BCUT2D eigenvalue weighted by Gasteiger charge is 2.20. The molecule has 0 fully saturated rings. The Hall–Kier alpha value is -1.49. The minimum Gasteiger partial charge on any atom is -0.478 e. The summed E-state index contributed by atoms with van der Waals surface area (Å²) in [5, 5.41) is 9.45. The van der Waals surface area contributed by atoms with Crippen molar-refractivity contribution >= 4 is 28.8 Å². The van der Waals surface area contributed by atoms with Crippen molar-refractivity contribution in [3.63, 3.8) is 0 Å². The van der Waals surface area contributed by atoms with E-state index in [0.717, 1.165) is 29.2 Å².